The van der Waals surface area contributed by atoms with Gasteiger partial charge < -0.3 is 14.5 Å². The molecule has 1 aromatic carbocycles. The van der Waals surface area contributed by atoms with Crippen molar-refractivity contribution in [1.29, 1.82) is 0 Å². The second-order valence-electron chi connectivity index (χ2n) is 6.84. The standard InChI is InChI=1S/C21H22FN5OS/c1-2-15-3-5-17(6-4-15)26-8-10-27(11-9-26)21(29)25-24-18-7-12-28-19-13-16(22)14-23-20(18)19/h2-6,13-14H,1,7-12H2,(H,25,29)/b24-18-. The van der Waals surface area contributed by atoms with Crippen LogP contribution in [0.5, 0.6) is 5.75 Å². The van der Waals surface area contributed by atoms with Gasteiger partial charge >= 0.3 is 0 Å². The number of fused-ring (bicyclic) bond motifs is 1. The lowest BCUT2D eigenvalue weighted by Gasteiger charge is -2.37. The first kappa shape index (κ1) is 19.3. The number of ether oxygens (including phenoxy) is 1. The van der Waals surface area contributed by atoms with Crippen LogP contribution in [0.2, 0.25) is 0 Å². The SMILES string of the molecule is C=Cc1ccc(N2CCN(C(=S)N/N=C3/CCOc4cc(F)cnc43)CC2)cc1. The average molecular weight is 412 g/mol. The first-order chi connectivity index (χ1) is 14.1. The Morgan fingerprint density at radius 2 is 2.00 bits per heavy atom. The lowest BCUT2D eigenvalue weighted by Crippen LogP contribution is -2.51. The Balaban J connectivity index is 1.35. The molecule has 29 heavy (non-hydrogen) atoms. The normalized spacial score (nSPS) is 17.5. The summed E-state index contributed by atoms with van der Waals surface area (Å²) in [5.41, 5.74) is 6.56. The van der Waals surface area contributed by atoms with Crippen LogP contribution in [0.15, 0.2) is 48.2 Å². The molecule has 0 saturated carbocycles. The third kappa shape index (κ3) is 4.37. The van der Waals surface area contributed by atoms with Crippen molar-refractivity contribution in [3.05, 3.63) is 60.2 Å². The molecule has 1 aromatic heterocycles. The average Bonchev–Trinajstić information content (AvgIpc) is 2.77. The van der Waals surface area contributed by atoms with Crippen molar-refractivity contribution in [2.24, 2.45) is 5.10 Å². The highest BCUT2D eigenvalue weighted by Crippen LogP contribution is 2.23. The first-order valence-corrected chi connectivity index (χ1v) is 9.92. The number of benzene rings is 1. The summed E-state index contributed by atoms with van der Waals surface area (Å²) in [6.07, 6.45) is 3.61. The number of nitrogens with zero attached hydrogens (tertiary/aromatic N) is 4. The van der Waals surface area contributed by atoms with Gasteiger partial charge in [-0.1, -0.05) is 24.8 Å². The Labute approximate surface area is 174 Å². The fourth-order valence-electron chi connectivity index (χ4n) is 3.41. The van der Waals surface area contributed by atoms with Crippen molar-refractivity contribution >= 4 is 34.8 Å². The van der Waals surface area contributed by atoms with Gasteiger partial charge in [0.2, 0.25) is 0 Å². The number of pyridine rings is 1. The van der Waals surface area contributed by atoms with Gasteiger partial charge in [-0.25, -0.2) is 9.37 Å². The van der Waals surface area contributed by atoms with E-state index in [9.17, 15) is 4.39 Å². The number of piperazine rings is 1. The quantitative estimate of drug-likeness (QED) is 0.619. The van der Waals surface area contributed by atoms with E-state index in [-0.39, 0.29) is 0 Å². The molecule has 8 heteroatoms. The van der Waals surface area contributed by atoms with E-state index < -0.39 is 5.82 Å². The van der Waals surface area contributed by atoms with Gasteiger partial charge in [0.1, 0.15) is 17.3 Å². The molecule has 3 heterocycles. The van der Waals surface area contributed by atoms with E-state index in [1.165, 1.54) is 18.0 Å². The van der Waals surface area contributed by atoms with Gasteiger partial charge in [0.25, 0.3) is 0 Å². The monoisotopic (exact) mass is 411 g/mol. The number of rotatable bonds is 3. The van der Waals surface area contributed by atoms with Gasteiger partial charge in [-0.15, -0.1) is 0 Å². The lowest BCUT2D eigenvalue weighted by atomic mass is 10.1. The highest BCUT2D eigenvalue weighted by atomic mass is 32.1. The molecule has 0 atom stereocenters. The van der Waals surface area contributed by atoms with E-state index in [1.54, 1.807) is 0 Å². The number of halogens is 1. The summed E-state index contributed by atoms with van der Waals surface area (Å²) in [6, 6.07) is 9.71. The molecule has 0 amide bonds. The van der Waals surface area contributed by atoms with Crippen LogP contribution in [0.1, 0.15) is 17.7 Å². The van der Waals surface area contributed by atoms with Crippen LogP contribution in [0.25, 0.3) is 6.08 Å². The molecule has 0 unspecified atom stereocenters. The molecule has 4 rings (SSSR count). The van der Waals surface area contributed by atoms with Crippen molar-refractivity contribution in [2.45, 2.75) is 6.42 Å². The molecule has 6 nitrogen and oxygen atoms in total. The summed E-state index contributed by atoms with van der Waals surface area (Å²) < 4.78 is 18.8. The van der Waals surface area contributed by atoms with E-state index in [2.05, 4.69) is 56.2 Å². The Hall–Kier alpha value is -3.00. The summed E-state index contributed by atoms with van der Waals surface area (Å²) in [4.78, 5) is 8.55. The fourth-order valence-corrected chi connectivity index (χ4v) is 3.64. The topological polar surface area (TPSA) is 53.0 Å². The van der Waals surface area contributed by atoms with Crippen LogP contribution in [0, 0.1) is 5.82 Å². The molecule has 0 radical (unpaired) electrons. The van der Waals surface area contributed by atoms with E-state index in [0.29, 0.717) is 29.6 Å². The van der Waals surface area contributed by atoms with E-state index in [1.807, 2.05) is 6.08 Å². The molecule has 150 valence electrons. The summed E-state index contributed by atoms with van der Waals surface area (Å²) in [5.74, 6) is -0.00992. The van der Waals surface area contributed by atoms with Crippen LogP contribution in [-0.2, 0) is 0 Å². The Bertz CT molecular complexity index is 939. The Morgan fingerprint density at radius 1 is 1.24 bits per heavy atom. The van der Waals surface area contributed by atoms with E-state index >= 15 is 0 Å². The smallest absolute Gasteiger partial charge is 0.189 e. The zero-order chi connectivity index (χ0) is 20.2. The molecule has 0 spiro atoms. The number of aromatic nitrogens is 1. The summed E-state index contributed by atoms with van der Waals surface area (Å²) >= 11 is 5.52. The number of thiocarbonyl (C=S) groups is 1. The fraction of sp³-hybridized carbons (Fsp3) is 0.286. The van der Waals surface area contributed by atoms with Crippen LogP contribution in [-0.4, -0.2) is 53.5 Å². The number of anilines is 1. The molecular weight excluding hydrogens is 389 g/mol. The summed E-state index contributed by atoms with van der Waals surface area (Å²) in [7, 11) is 0. The molecule has 0 aliphatic carbocycles. The number of hydrogen-bond acceptors (Lipinski definition) is 5. The van der Waals surface area contributed by atoms with Gasteiger partial charge in [0, 0.05) is 44.4 Å². The largest absolute Gasteiger partial charge is 0.491 e. The molecule has 0 bridgehead atoms. The van der Waals surface area contributed by atoms with Gasteiger partial charge in [-0.3, -0.25) is 5.43 Å². The van der Waals surface area contributed by atoms with Gasteiger partial charge in [-0.05, 0) is 29.9 Å². The van der Waals surface area contributed by atoms with Crippen LogP contribution < -0.4 is 15.1 Å². The highest BCUT2D eigenvalue weighted by Gasteiger charge is 2.21. The predicted molar refractivity (Wildman–Crippen MR) is 117 cm³/mol. The molecule has 1 saturated heterocycles. The highest BCUT2D eigenvalue weighted by molar-refractivity contribution is 7.80. The lowest BCUT2D eigenvalue weighted by molar-refractivity contribution is 0.316. The number of nitrogens with one attached hydrogen (secondary N) is 1. The van der Waals surface area contributed by atoms with Crippen molar-refractivity contribution in [3.63, 3.8) is 0 Å². The molecule has 2 aliphatic heterocycles. The predicted octanol–water partition coefficient (Wildman–Crippen LogP) is 3.05. The minimum absolute atomic E-state index is 0.416. The van der Waals surface area contributed by atoms with Crippen molar-refractivity contribution in [1.82, 2.24) is 15.3 Å². The first-order valence-electron chi connectivity index (χ1n) is 9.51. The maximum Gasteiger partial charge on any atom is 0.189 e. The molecule has 1 N–H and O–H groups in total. The third-order valence-corrected chi connectivity index (χ3v) is 5.39. The Morgan fingerprint density at radius 3 is 2.72 bits per heavy atom. The molecule has 1 fully saturated rings. The van der Waals surface area contributed by atoms with Gasteiger partial charge in [0.05, 0.1) is 18.5 Å². The number of hydrogen-bond donors (Lipinski definition) is 1. The maximum absolute atomic E-state index is 13.3. The van der Waals surface area contributed by atoms with E-state index in [0.717, 1.165) is 37.5 Å². The van der Waals surface area contributed by atoms with Crippen molar-refractivity contribution in [2.75, 3.05) is 37.7 Å². The molecule has 2 aliphatic rings. The third-order valence-electron chi connectivity index (χ3n) is 5.04. The zero-order valence-corrected chi connectivity index (χ0v) is 16.8. The molecular formula is C21H22FN5OS. The second kappa shape index (κ2) is 8.57. The minimum Gasteiger partial charge on any atom is -0.491 e. The zero-order valence-electron chi connectivity index (χ0n) is 16.0. The minimum atomic E-state index is -0.425. The van der Waals surface area contributed by atoms with E-state index in [4.69, 9.17) is 17.0 Å². The van der Waals surface area contributed by atoms with Crippen LogP contribution >= 0.6 is 12.2 Å². The van der Waals surface area contributed by atoms with Crippen LogP contribution in [0.3, 0.4) is 0 Å². The van der Waals surface area contributed by atoms with Crippen molar-refractivity contribution in [3.8, 4) is 5.75 Å². The Kier molecular flexibility index (Phi) is 5.71. The number of hydrazone groups is 1. The summed E-state index contributed by atoms with van der Waals surface area (Å²) in [6.45, 7) is 7.60. The molecule has 2 aromatic rings. The van der Waals surface area contributed by atoms with Gasteiger partial charge in [0.15, 0.2) is 5.11 Å². The van der Waals surface area contributed by atoms with Crippen molar-refractivity contribution < 1.29 is 9.13 Å². The van der Waals surface area contributed by atoms with Gasteiger partial charge in [-0.2, -0.15) is 5.10 Å². The second-order valence-corrected chi connectivity index (χ2v) is 7.23. The summed E-state index contributed by atoms with van der Waals surface area (Å²) in [5, 5.41) is 5.00. The maximum atomic E-state index is 13.3. The van der Waals surface area contributed by atoms with Crippen LogP contribution in [0.4, 0.5) is 10.1 Å².